The van der Waals surface area contributed by atoms with Crippen LogP contribution in [0.3, 0.4) is 0 Å². The molecule has 0 saturated carbocycles. The predicted octanol–water partition coefficient (Wildman–Crippen LogP) is 1.66. The molecule has 0 aromatic rings. The summed E-state index contributed by atoms with van der Waals surface area (Å²) in [5.41, 5.74) is -0.448. The molecule has 0 aromatic heterocycles. The minimum Gasteiger partial charge on any atom is -0.444 e. The van der Waals surface area contributed by atoms with E-state index in [0.29, 0.717) is 31.3 Å². The molecule has 1 unspecified atom stereocenters. The third-order valence-electron chi connectivity index (χ3n) is 3.61. The van der Waals surface area contributed by atoms with Gasteiger partial charge in [0.25, 0.3) is 0 Å². The van der Waals surface area contributed by atoms with Gasteiger partial charge < -0.3 is 9.64 Å². The predicted molar refractivity (Wildman–Crippen MR) is 72.0 cm³/mol. The van der Waals surface area contributed by atoms with Crippen LogP contribution < -0.4 is 0 Å². The largest absolute Gasteiger partial charge is 0.444 e. The van der Waals surface area contributed by atoms with Crippen LogP contribution in [-0.2, 0) is 9.53 Å². The Morgan fingerprint density at radius 2 is 2.05 bits per heavy atom. The highest BCUT2D eigenvalue weighted by molar-refractivity contribution is 5.81. The van der Waals surface area contributed by atoms with E-state index in [1.54, 1.807) is 4.90 Å². The summed E-state index contributed by atoms with van der Waals surface area (Å²) < 4.78 is 5.38. The molecule has 2 aliphatic heterocycles. The van der Waals surface area contributed by atoms with Gasteiger partial charge in [-0.25, -0.2) is 4.79 Å². The Balaban J connectivity index is 1.85. The van der Waals surface area contributed by atoms with Gasteiger partial charge in [-0.15, -0.1) is 0 Å². The van der Waals surface area contributed by atoms with E-state index < -0.39 is 5.60 Å². The molecular weight excluding hydrogens is 244 g/mol. The number of rotatable bonds is 1. The zero-order chi connectivity index (χ0) is 14.0. The molecule has 0 aliphatic carbocycles. The fraction of sp³-hybridized carbons (Fsp3) is 0.857. The number of likely N-dealkylation sites (tertiary alicyclic amines) is 2. The fourth-order valence-electron chi connectivity index (χ4n) is 2.71. The zero-order valence-electron chi connectivity index (χ0n) is 12.1. The second-order valence-corrected chi connectivity index (χ2v) is 6.48. The maximum absolute atomic E-state index is 12.0. The van der Waals surface area contributed by atoms with E-state index in [-0.39, 0.29) is 6.09 Å². The van der Waals surface area contributed by atoms with Crippen LogP contribution in [0.2, 0.25) is 0 Å². The molecule has 2 saturated heterocycles. The summed E-state index contributed by atoms with van der Waals surface area (Å²) in [6.07, 6.45) is 2.35. The number of ketones is 1. The van der Waals surface area contributed by atoms with E-state index in [4.69, 9.17) is 4.74 Å². The molecule has 2 heterocycles. The molecule has 108 valence electrons. The van der Waals surface area contributed by atoms with Gasteiger partial charge in [0, 0.05) is 25.6 Å². The van der Waals surface area contributed by atoms with Crippen LogP contribution >= 0.6 is 0 Å². The summed E-state index contributed by atoms with van der Waals surface area (Å²) in [5, 5.41) is 0. The van der Waals surface area contributed by atoms with Crippen LogP contribution in [0, 0.1) is 0 Å². The number of Topliss-reactive ketones (excluding diaryl/α,β-unsaturated/α-hetero) is 1. The number of ether oxygens (including phenoxy) is 1. The SMILES string of the molecule is CC(C)(C)OC(=O)N1CCC(N2CCCC(=O)C2)C1. The van der Waals surface area contributed by atoms with Crippen molar-refractivity contribution in [3.63, 3.8) is 0 Å². The van der Waals surface area contributed by atoms with Crippen LogP contribution in [0.25, 0.3) is 0 Å². The third-order valence-corrected chi connectivity index (χ3v) is 3.61. The molecular formula is C14H24N2O3. The maximum Gasteiger partial charge on any atom is 0.410 e. The van der Waals surface area contributed by atoms with Gasteiger partial charge in [-0.1, -0.05) is 0 Å². The van der Waals surface area contributed by atoms with Crippen LogP contribution in [-0.4, -0.2) is 59.5 Å². The van der Waals surface area contributed by atoms with E-state index in [1.165, 1.54) is 0 Å². The number of piperidine rings is 1. The fourth-order valence-corrected chi connectivity index (χ4v) is 2.71. The lowest BCUT2D eigenvalue weighted by molar-refractivity contribution is -0.122. The maximum atomic E-state index is 12.0. The topological polar surface area (TPSA) is 49.9 Å². The van der Waals surface area contributed by atoms with E-state index in [0.717, 1.165) is 25.9 Å². The molecule has 19 heavy (non-hydrogen) atoms. The summed E-state index contributed by atoms with van der Waals surface area (Å²) in [6.45, 7) is 8.56. The van der Waals surface area contributed by atoms with Crippen LogP contribution in [0.1, 0.15) is 40.0 Å². The highest BCUT2D eigenvalue weighted by atomic mass is 16.6. The summed E-state index contributed by atoms with van der Waals surface area (Å²) in [5.74, 6) is 0.321. The highest BCUT2D eigenvalue weighted by Crippen LogP contribution is 2.21. The molecule has 1 atom stereocenters. The van der Waals surface area contributed by atoms with Crippen molar-refractivity contribution in [2.24, 2.45) is 0 Å². The molecule has 0 radical (unpaired) electrons. The molecule has 2 aliphatic rings. The summed E-state index contributed by atoms with van der Waals surface area (Å²) in [6, 6.07) is 0.316. The van der Waals surface area contributed by atoms with Crippen molar-refractivity contribution < 1.29 is 14.3 Å². The molecule has 2 rings (SSSR count). The van der Waals surface area contributed by atoms with E-state index in [2.05, 4.69) is 4.90 Å². The first-order chi connectivity index (χ1) is 8.85. The van der Waals surface area contributed by atoms with Crippen molar-refractivity contribution in [1.82, 2.24) is 9.80 Å². The number of carbonyl (C=O) groups is 2. The average Bonchev–Trinajstić information content (AvgIpc) is 2.75. The Bertz CT molecular complexity index is 362. The summed E-state index contributed by atoms with van der Waals surface area (Å²) in [4.78, 5) is 27.4. The highest BCUT2D eigenvalue weighted by Gasteiger charge is 2.34. The minimum absolute atomic E-state index is 0.238. The van der Waals surface area contributed by atoms with Gasteiger partial charge in [-0.2, -0.15) is 0 Å². The Labute approximate surface area is 114 Å². The van der Waals surface area contributed by atoms with Gasteiger partial charge in [-0.3, -0.25) is 9.69 Å². The minimum atomic E-state index is -0.448. The molecule has 0 bridgehead atoms. The Morgan fingerprint density at radius 3 is 2.68 bits per heavy atom. The number of hydrogen-bond donors (Lipinski definition) is 0. The number of hydrogen-bond acceptors (Lipinski definition) is 4. The molecule has 2 fully saturated rings. The smallest absolute Gasteiger partial charge is 0.410 e. The molecule has 0 N–H and O–H groups in total. The third kappa shape index (κ3) is 3.93. The van der Waals surface area contributed by atoms with Gasteiger partial charge in [-0.05, 0) is 40.2 Å². The molecule has 0 spiro atoms. The average molecular weight is 268 g/mol. The van der Waals surface area contributed by atoms with E-state index in [1.807, 2.05) is 20.8 Å². The van der Waals surface area contributed by atoms with Crippen molar-refractivity contribution in [1.29, 1.82) is 0 Å². The lowest BCUT2D eigenvalue weighted by Crippen LogP contribution is -2.45. The lowest BCUT2D eigenvalue weighted by Gasteiger charge is -2.31. The quantitative estimate of drug-likeness (QED) is 0.726. The van der Waals surface area contributed by atoms with Crippen LogP contribution in [0.5, 0.6) is 0 Å². The first kappa shape index (κ1) is 14.3. The zero-order valence-corrected chi connectivity index (χ0v) is 12.1. The van der Waals surface area contributed by atoms with Gasteiger partial charge >= 0.3 is 6.09 Å². The monoisotopic (exact) mass is 268 g/mol. The van der Waals surface area contributed by atoms with Crippen molar-refractivity contribution in [3.05, 3.63) is 0 Å². The van der Waals surface area contributed by atoms with E-state index in [9.17, 15) is 9.59 Å². The second-order valence-electron chi connectivity index (χ2n) is 6.48. The molecule has 5 nitrogen and oxygen atoms in total. The van der Waals surface area contributed by atoms with Crippen molar-refractivity contribution in [2.75, 3.05) is 26.2 Å². The molecule has 5 heteroatoms. The second kappa shape index (κ2) is 5.49. The summed E-state index contributed by atoms with van der Waals surface area (Å²) in [7, 11) is 0. The first-order valence-electron chi connectivity index (χ1n) is 7.09. The summed E-state index contributed by atoms with van der Waals surface area (Å²) >= 11 is 0. The first-order valence-corrected chi connectivity index (χ1v) is 7.09. The van der Waals surface area contributed by atoms with Crippen LogP contribution in [0.4, 0.5) is 4.79 Å². The van der Waals surface area contributed by atoms with Crippen molar-refractivity contribution in [3.8, 4) is 0 Å². The van der Waals surface area contributed by atoms with Gasteiger partial charge in [0.2, 0.25) is 0 Å². The van der Waals surface area contributed by atoms with Crippen LogP contribution in [0.15, 0.2) is 0 Å². The number of carbonyl (C=O) groups excluding carboxylic acids is 2. The molecule has 0 aromatic carbocycles. The van der Waals surface area contributed by atoms with Gasteiger partial charge in [0.05, 0.1) is 6.54 Å². The number of amides is 1. The Hall–Kier alpha value is -1.10. The Morgan fingerprint density at radius 1 is 1.32 bits per heavy atom. The van der Waals surface area contributed by atoms with Gasteiger partial charge in [0.15, 0.2) is 0 Å². The standard InChI is InChI=1S/C14H24N2O3/c1-14(2,3)19-13(18)16-8-6-11(9-16)15-7-4-5-12(17)10-15/h11H,4-10H2,1-3H3. The van der Waals surface area contributed by atoms with Crippen molar-refractivity contribution in [2.45, 2.75) is 51.7 Å². The van der Waals surface area contributed by atoms with Gasteiger partial charge in [0.1, 0.15) is 11.4 Å². The normalized spacial score (nSPS) is 25.7. The lowest BCUT2D eigenvalue weighted by atomic mass is 10.1. The molecule has 1 amide bonds. The van der Waals surface area contributed by atoms with E-state index >= 15 is 0 Å². The number of nitrogens with zero attached hydrogens (tertiary/aromatic N) is 2. The Kier molecular flexibility index (Phi) is 4.13. The van der Waals surface area contributed by atoms with Crippen molar-refractivity contribution >= 4 is 11.9 Å².